The number of rotatable bonds is 3. The number of benzene rings is 1. The third-order valence-corrected chi connectivity index (χ3v) is 2.82. The minimum Gasteiger partial charge on any atom is -0.381 e. The van der Waals surface area contributed by atoms with Crippen molar-refractivity contribution < 1.29 is 4.74 Å². The van der Waals surface area contributed by atoms with Crippen LogP contribution in [0.25, 0.3) is 0 Å². The van der Waals surface area contributed by atoms with Gasteiger partial charge in [-0.3, -0.25) is 0 Å². The van der Waals surface area contributed by atoms with Crippen LogP contribution in [0.3, 0.4) is 0 Å². The maximum Gasteiger partial charge on any atom is 0.0693 e. The van der Waals surface area contributed by atoms with Crippen molar-refractivity contribution in [3.05, 3.63) is 40.4 Å². The Morgan fingerprint density at radius 3 is 3.07 bits per heavy atom. The highest BCUT2D eigenvalue weighted by atomic mass is 79.9. The quantitative estimate of drug-likeness (QED) is 0.850. The lowest BCUT2D eigenvalue weighted by molar-refractivity contribution is 0.150. The Bertz CT molecular complexity index is 362. The highest BCUT2D eigenvalue weighted by Crippen LogP contribution is 2.16. The summed E-state index contributed by atoms with van der Waals surface area (Å²) in [5.74, 6) is 0. The minimum absolute atomic E-state index is 0.765. The Labute approximate surface area is 98.5 Å². The molecule has 0 fully saturated rings. The molecule has 80 valence electrons. The van der Waals surface area contributed by atoms with Gasteiger partial charge in [0.1, 0.15) is 0 Å². The molecule has 0 saturated carbocycles. The van der Waals surface area contributed by atoms with Crippen LogP contribution in [0.15, 0.2) is 40.4 Å². The predicted molar refractivity (Wildman–Crippen MR) is 66.2 cm³/mol. The third-order valence-electron chi connectivity index (χ3n) is 2.33. The molecule has 1 aliphatic rings. The minimum atomic E-state index is 0.765. The van der Waals surface area contributed by atoms with Gasteiger partial charge in [0.2, 0.25) is 0 Å². The SMILES string of the molecule is Brc1cccc(NCC2=CCCOC2)c1. The lowest BCUT2D eigenvalue weighted by Gasteiger charge is -2.14. The summed E-state index contributed by atoms with van der Waals surface area (Å²) in [7, 11) is 0. The van der Waals surface area contributed by atoms with E-state index in [4.69, 9.17) is 4.74 Å². The Hall–Kier alpha value is -0.800. The van der Waals surface area contributed by atoms with Gasteiger partial charge in [0.05, 0.1) is 13.2 Å². The number of anilines is 1. The Morgan fingerprint density at radius 2 is 2.33 bits per heavy atom. The second-order valence-corrected chi connectivity index (χ2v) is 4.48. The summed E-state index contributed by atoms with van der Waals surface area (Å²) >= 11 is 3.45. The number of hydrogen-bond donors (Lipinski definition) is 1. The van der Waals surface area contributed by atoms with E-state index >= 15 is 0 Å². The number of hydrogen-bond acceptors (Lipinski definition) is 2. The van der Waals surface area contributed by atoms with Gasteiger partial charge in [-0.2, -0.15) is 0 Å². The summed E-state index contributed by atoms with van der Waals surface area (Å²) in [5.41, 5.74) is 2.47. The van der Waals surface area contributed by atoms with E-state index in [0.717, 1.165) is 36.3 Å². The van der Waals surface area contributed by atoms with Crippen LogP contribution in [0, 0.1) is 0 Å². The van der Waals surface area contributed by atoms with Gasteiger partial charge in [-0.05, 0) is 30.2 Å². The molecule has 0 amide bonds. The van der Waals surface area contributed by atoms with Gasteiger partial charge in [0.25, 0.3) is 0 Å². The highest BCUT2D eigenvalue weighted by molar-refractivity contribution is 9.10. The Balaban J connectivity index is 1.90. The molecule has 0 aliphatic carbocycles. The highest BCUT2D eigenvalue weighted by Gasteiger charge is 2.03. The van der Waals surface area contributed by atoms with Crippen LogP contribution in [0.5, 0.6) is 0 Å². The van der Waals surface area contributed by atoms with Gasteiger partial charge in [0, 0.05) is 16.7 Å². The van der Waals surface area contributed by atoms with Crippen molar-refractivity contribution >= 4 is 21.6 Å². The molecular formula is C12H14BrNO. The maximum absolute atomic E-state index is 5.38. The summed E-state index contributed by atoms with van der Waals surface area (Å²) in [6, 6.07) is 8.19. The van der Waals surface area contributed by atoms with E-state index < -0.39 is 0 Å². The van der Waals surface area contributed by atoms with E-state index in [2.05, 4.69) is 39.5 Å². The van der Waals surface area contributed by atoms with Crippen LogP contribution in [-0.2, 0) is 4.74 Å². The normalized spacial score (nSPS) is 15.9. The molecule has 0 atom stereocenters. The van der Waals surface area contributed by atoms with Gasteiger partial charge >= 0.3 is 0 Å². The summed E-state index contributed by atoms with van der Waals surface area (Å²) in [6.07, 6.45) is 3.30. The molecule has 15 heavy (non-hydrogen) atoms. The summed E-state index contributed by atoms with van der Waals surface area (Å²) < 4.78 is 6.48. The van der Waals surface area contributed by atoms with Gasteiger partial charge < -0.3 is 10.1 Å². The van der Waals surface area contributed by atoms with E-state index in [1.165, 1.54) is 5.57 Å². The van der Waals surface area contributed by atoms with Crippen molar-refractivity contribution in [2.24, 2.45) is 0 Å². The monoisotopic (exact) mass is 267 g/mol. The van der Waals surface area contributed by atoms with E-state index in [1.807, 2.05) is 12.1 Å². The third kappa shape index (κ3) is 3.36. The zero-order valence-electron chi connectivity index (χ0n) is 8.50. The topological polar surface area (TPSA) is 21.3 Å². The molecule has 0 radical (unpaired) electrons. The van der Waals surface area contributed by atoms with Gasteiger partial charge in [-0.1, -0.05) is 28.1 Å². The van der Waals surface area contributed by atoms with Crippen molar-refractivity contribution in [3.8, 4) is 0 Å². The lowest BCUT2D eigenvalue weighted by atomic mass is 10.2. The molecule has 2 rings (SSSR count). The number of halogens is 1. The molecule has 1 aliphatic heterocycles. The van der Waals surface area contributed by atoms with Crippen molar-refractivity contribution in [2.75, 3.05) is 25.1 Å². The Morgan fingerprint density at radius 1 is 1.40 bits per heavy atom. The molecule has 0 unspecified atom stereocenters. The first-order valence-electron chi connectivity index (χ1n) is 5.10. The fourth-order valence-corrected chi connectivity index (χ4v) is 1.95. The smallest absolute Gasteiger partial charge is 0.0693 e. The van der Waals surface area contributed by atoms with E-state index in [1.54, 1.807) is 0 Å². The first kappa shape index (κ1) is 10.7. The first-order chi connectivity index (χ1) is 7.34. The predicted octanol–water partition coefficient (Wildman–Crippen LogP) is 3.21. The van der Waals surface area contributed by atoms with Gasteiger partial charge in [-0.25, -0.2) is 0 Å². The zero-order chi connectivity index (χ0) is 10.5. The van der Waals surface area contributed by atoms with Crippen LogP contribution < -0.4 is 5.32 Å². The molecule has 1 aromatic carbocycles. The van der Waals surface area contributed by atoms with Crippen LogP contribution >= 0.6 is 15.9 Å². The second kappa shape index (κ2) is 5.33. The summed E-state index contributed by atoms with van der Waals surface area (Å²) in [6.45, 7) is 2.50. The molecule has 0 spiro atoms. The molecule has 0 aromatic heterocycles. The maximum atomic E-state index is 5.38. The summed E-state index contributed by atoms with van der Waals surface area (Å²) in [5, 5.41) is 3.38. The van der Waals surface area contributed by atoms with Crippen molar-refractivity contribution in [2.45, 2.75) is 6.42 Å². The molecule has 1 heterocycles. The standard InChI is InChI=1S/C12H14BrNO/c13-11-4-1-5-12(7-11)14-8-10-3-2-6-15-9-10/h1,3-5,7,14H,2,6,8-9H2. The van der Waals surface area contributed by atoms with E-state index in [-0.39, 0.29) is 0 Å². The molecule has 0 saturated heterocycles. The molecule has 1 N–H and O–H groups in total. The van der Waals surface area contributed by atoms with Crippen molar-refractivity contribution in [3.63, 3.8) is 0 Å². The van der Waals surface area contributed by atoms with Crippen molar-refractivity contribution in [1.82, 2.24) is 0 Å². The van der Waals surface area contributed by atoms with E-state index in [0.29, 0.717) is 0 Å². The zero-order valence-corrected chi connectivity index (χ0v) is 10.1. The van der Waals surface area contributed by atoms with Crippen LogP contribution in [0.2, 0.25) is 0 Å². The largest absolute Gasteiger partial charge is 0.381 e. The number of nitrogens with one attached hydrogen (secondary N) is 1. The molecule has 3 heteroatoms. The average Bonchev–Trinajstić information content (AvgIpc) is 2.28. The lowest BCUT2D eigenvalue weighted by Crippen LogP contribution is -2.13. The molecular weight excluding hydrogens is 254 g/mol. The van der Waals surface area contributed by atoms with Crippen LogP contribution in [0.4, 0.5) is 5.69 Å². The van der Waals surface area contributed by atoms with Gasteiger partial charge in [0.15, 0.2) is 0 Å². The summed E-state index contributed by atoms with van der Waals surface area (Å²) in [4.78, 5) is 0. The molecule has 2 nitrogen and oxygen atoms in total. The van der Waals surface area contributed by atoms with Crippen molar-refractivity contribution in [1.29, 1.82) is 0 Å². The molecule has 0 bridgehead atoms. The fraction of sp³-hybridized carbons (Fsp3) is 0.333. The van der Waals surface area contributed by atoms with Gasteiger partial charge in [-0.15, -0.1) is 0 Å². The average molecular weight is 268 g/mol. The van der Waals surface area contributed by atoms with E-state index in [9.17, 15) is 0 Å². The molecule has 1 aromatic rings. The second-order valence-electron chi connectivity index (χ2n) is 3.57. The fourth-order valence-electron chi connectivity index (χ4n) is 1.55. The van der Waals surface area contributed by atoms with Crippen LogP contribution in [-0.4, -0.2) is 19.8 Å². The first-order valence-corrected chi connectivity index (χ1v) is 5.89. The van der Waals surface area contributed by atoms with Crippen LogP contribution in [0.1, 0.15) is 6.42 Å². The number of ether oxygens (including phenoxy) is 1. The Kier molecular flexibility index (Phi) is 3.80.